The number of likely N-dealkylation sites (N-methyl/N-ethyl adjacent to an activating group) is 1. The second kappa shape index (κ2) is 8.54. The van der Waals surface area contributed by atoms with Crippen molar-refractivity contribution in [1.82, 2.24) is 4.90 Å². The van der Waals surface area contributed by atoms with Gasteiger partial charge in [0.25, 0.3) is 5.91 Å². The molecule has 3 fully saturated rings. The summed E-state index contributed by atoms with van der Waals surface area (Å²) in [6.45, 7) is 3.80. The van der Waals surface area contributed by atoms with Gasteiger partial charge in [0.2, 0.25) is 6.17 Å². The van der Waals surface area contributed by atoms with Crippen molar-refractivity contribution in [2.75, 3.05) is 29.9 Å². The molecule has 0 radical (unpaired) electrons. The van der Waals surface area contributed by atoms with Crippen molar-refractivity contribution in [3.63, 3.8) is 0 Å². The van der Waals surface area contributed by atoms with Crippen molar-refractivity contribution >= 4 is 29.1 Å². The molecule has 6 rings (SSSR count). The molecule has 2 bridgehead atoms. The van der Waals surface area contributed by atoms with Gasteiger partial charge < -0.3 is 15.5 Å². The third kappa shape index (κ3) is 3.96. The average Bonchev–Trinajstić information content (AvgIpc) is 3.18. The normalized spacial score (nSPS) is 24.6. The molecule has 2 saturated heterocycles. The van der Waals surface area contributed by atoms with Gasteiger partial charge in [-0.2, -0.15) is 0 Å². The van der Waals surface area contributed by atoms with Crippen LogP contribution in [-0.2, 0) is 4.79 Å². The highest BCUT2D eigenvalue weighted by atomic mass is 16.2. The zero-order valence-electron chi connectivity index (χ0n) is 19.3. The third-order valence-corrected chi connectivity index (χ3v) is 7.29. The maximum atomic E-state index is 13.7. The number of hydrogen-bond donors (Lipinski definition) is 1. The SMILES string of the molecule is Cc1cccc(N(C(N)=O)C2N=C(N3CC4CCC(CC4)C3)c3ccccc3N(C)C2=O)c1. The molecule has 7 nitrogen and oxygen atoms in total. The third-order valence-electron chi connectivity index (χ3n) is 7.29. The van der Waals surface area contributed by atoms with Crippen molar-refractivity contribution in [1.29, 1.82) is 0 Å². The van der Waals surface area contributed by atoms with E-state index in [0.29, 0.717) is 17.5 Å². The predicted molar refractivity (Wildman–Crippen MR) is 130 cm³/mol. The Morgan fingerprint density at radius 1 is 1.03 bits per heavy atom. The molecule has 7 heteroatoms. The van der Waals surface area contributed by atoms with Crippen molar-refractivity contribution < 1.29 is 9.59 Å². The maximum absolute atomic E-state index is 13.7. The molecule has 2 N–H and O–H groups in total. The van der Waals surface area contributed by atoms with Crippen molar-refractivity contribution in [3.8, 4) is 0 Å². The number of anilines is 2. The molecule has 1 aliphatic carbocycles. The predicted octanol–water partition coefficient (Wildman–Crippen LogP) is 3.75. The van der Waals surface area contributed by atoms with E-state index in [1.54, 1.807) is 18.0 Å². The van der Waals surface area contributed by atoms with Gasteiger partial charge in [-0.15, -0.1) is 0 Å². The van der Waals surface area contributed by atoms with E-state index in [0.717, 1.165) is 35.7 Å². The lowest BCUT2D eigenvalue weighted by Gasteiger charge is -2.30. The van der Waals surface area contributed by atoms with E-state index in [-0.39, 0.29) is 5.91 Å². The zero-order valence-corrected chi connectivity index (χ0v) is 19.3. The number of benzene rings is 2. The minimum Gasteiger partial charge on any atom is -0.356 e. The number of amides is 3. The molecular weight excluding hydrogens is 414 g/mol. The first kappa shape index (κ1) is 21.5. The van der Waals surface area contributed by atoms with Gasteiger partial charge in [0.1, 0.15) is 5.84 Å². The van der Waals surface area contributed by atoms with Gasteiger partial charge in [-0.1, -0.05) is 24.3 Å². The van der Waals surface area contributed by atoms with E-state index < -0.39 is 12.2 Å². The number of carbonyl (C=O) groups is 2. The summed E-state index contributed by atoms with van der Waals surface area (Å²) in [4.78, 5) is 36.7. The van der Waals surface area contributed by atoms with Crippen LogP contribution in [0.4, 0.5) is 16.2 Å². The number of urea groups is 1. The first-order chi connectivity index (χ1) is 15.9. The Balaban J connectivity index is 1.65. The molecule has 1 saturated carbocycles. The summed E-state index contributed by atoms with van der Waals surface area (Å²) in [7, 11) is 1.74. The Morgan fingerprint density at radius 2 is 1.70 bits per heavy atom. The van der Waals surface area contributed by atoms with Crippen LogP contribution in [0.1, 0.15) is 36.8 Å². The number of hydrogen-bond acceptors (Lipinski definition) is 4. The minimum absolute atomic E-state index is 0.282. The second-order valence-corrected chi connectivity index (χ2v) is 9.58. The fourth-order valence-electron chi connectivity index (χ4n) is 5.54. The average molecular weight is 446 g/mol. The molecule has 2 aromatic rings. The van der Waals surface area contributed by atoms with Gasteiger partial charge >= 0.3 is 6.03 Å². The van der Waals surface area contributed by atoms with Crippen molar-refractivity contribution in [3.05, 3.63) is 59.7 Å². The summed E-state index contributed by atoms with van der Waals surface area (Å²) < 4.78 is 0. The van der Waals surface area contributed by atoms with Gasteiger partial charge in [0, 0.05) is 31.4 Å². The van der Waals surface area contributed by atoms with E-state index in [1.165, 1.54) is 30.6 Å². The van der Waals surface area contributed by atoms with Crippen LogP contribution in [0.15, 0.2) is 53.5 Å². The standard InChI is InChI=1S/C26H31N5O2/c1-17-6-5-7-20(14-17)31(26(27)33)24-25(32)29(2)22-9-4-3-8-21(22)23(28-24)30-15-18-10-11-19(16-30)13-12-18/h3-9,14,18-19,24H,10-13,15-16H2,1-2H3,(H2,27,33). The molecule has 172 valence electrons. The number of aliphatic imine (C=N–C) groups is 1. The summed E-state index contributed by atoms with van der Waals surface area (Å²) in [6, 6.07) is 14.6. The molecule has 3 amide bonds. The molecule has 3 aliphatic heterocycles. The topological polar surface area (TPSA) is 82.2 Å². The van der Waals surface area contributed by atoms with Crippen LogP contribution in [0, 0.1) is 18.8 Å². The molecule has 0 spiro atoms. The summed E-state index contributed by atoms with van der Waals surface area (Å²) in [5.41, 5.74) is 9.12. The van der Waals surface area contributed by atoms with Crippen LogP contribution in [0.5, 0.6) is 0 Å². The molecule has 1 atom stereocenters. The quantitative estimate of drug-likeness (QED) is 0.764. The lowest BCUT2D eigenvalue weighted by Crippen LogP contribution is -2.51. The van der Waals surface area contributed by atoms with Crippen molar-refractivity contribution in [2.45, 2.75) is 38.8 Å². The Bertz CT molecular complexity index is 1090. The molecular formula is C26H31N5O2. The Labute approximate surface area is 194 Å². The van der Waals surface area contributed by atoms with E-state index in [4.69, 9.17) is 10.7 Å². The fourth-order valence-corrected chi connectivity index (χ4v) is 5.54. The Kier molecular flexibility index (Phi) is 5.56. The summed E-state index contributed by atoms with van der Waals surface area (Å²) in [5, 5.41) is 0. The molecule has 0 aromatic heterocycles. The highest BCUT2D eigenvalue weighted by Crippen LogP contribution is 2.36. The van der Waals surface area contributed by atoms with E-state index in [1.807, 2.05) is 49.4 Å². The fraction of sp³-hybridized carbons (Fsp3) is 0.423. The molecule has 1 unspecified atom stereocenters. The van der Waals surface area contributed by atoms with Crippen LogP contribution in [0.25, 0.3) is 0 Å². The van der Waals surface area contributed by atoms with Crippen LogP contribution in [0.3, 0.4) is 0 Å². The van der Waals surface area contributed by atoms with E-state index in [9.17, 15) is 9.59 Å². The number of nitrogens with zero attached hydrogens (tertiary/aromatic N) is 4. The number of rotatable bonds is 2. The number of fused-ring (bicyclic) bond motifs is 5. The second-order valence-electron chi connectivity index (χ2n) is 9.58. The highest BCUT2D eigenvalue weighted by Gasteiger charge is 2.39. The van der Waals surface area contributed by atoms with E-state index in [2.05, 4.69) is 4.90 Å². The van der Waals surface area contributed by atoms with E-state index >= 15 is 0 Å². The summed E-state index contributed by atoms with van der Waals surface area (Å²) in [6.07, 6.45) is 3.91. The highest BCUT2D eigenvalue weighted by molar-refractivity contribution is 6.14. The van der Waals surface area contributed by atoms with Gasteiger partial charge in [-0.3, -0.25) is 9.69 Å². The first-order valence-corrected chi connectivity index (χ1v) is 11.8. The largest absolute Gasteiger partial charge is 0.356 e. The molecule has 4 aliphatic rings. The Hall–Kier alpha value is -3.35. The molecule has 3 heterocycles. The van der Waals surface area contributed by atoms with Crippen LogP contribution >= 0.6 is 0 Å². The van der Waals surface area contributed by atoms with Gasteiger partial charge in [0.15, 0.2) is 0 Å². The zero-order chi connectivity index (χ0) is 23.1. The minimum atomic E-state index is -1.07. The van der Waals surface area contributed by atoms with Crippen LogP contribution in [0.2, 0.25) is 0 Å². The number of amidine groups is 1. The smallest absolute Gasteiger partial charge is 0.321 e. The number of aryl methyl sites for hydroxylation is 1. The number of carbonyl (C=O) groups excluding carboxylic acids is 2. The number of nitrogens with two attached hydrogens (primary N) is 1. The lowest BCUT2D eigenvalue weighted by atomic mass is 9.84. The summed E-state index contributed by atoms with van der Waals surface area (Å²) in [5.74, 6) is 1.78. The van der Waals surface area contributed by atoms with Gasteiger partial charge in [-0.05, 0) is 74.3 Å². The Morgan fingerprint density at radius 3 is 2.33 bits per heavy atom. The lowest BCUT2D eigenvalue weighted by molar-refractivity contribution is -0.119. The number of primary amides is 1. The van der Waals surface area contributed by atoms with Crippen LogP contribution < -0.4 is 15.5 Å². The van der Waals surface area contributed by atoms with Crippen molar-refractivity contribution in [2.24, 2.45) is 22.6 Å². The first-order valence-electron chi connectivity index (χ1n) is 11.8. The van der Waals surface area contributed by atoms with Gasteiger partial charge in [-0.25, -0.2) is 9.79 Å². The maximum Gasteiger partial charge on any atom is 0.321 e. The van der Waals surface area contributed by atoms with Gasteiger partial charge in [0.05, 0.1) is 5.69 Å². The summed E-state index contributed by atoms with van der Waals surface area (Å²) >= 11 is 0. The molecule has 2 aromatic carbocycles. The number of benzodiazepines with no additional fused rings is 1. The van der Waals surface area contributed by atoms with Crippen LogP contribution in [-0.4, -0.2) is 49.0 Å². The monoisotopic (exact) mass is 445 g/mol. The molecule has 33 heavy (non-hydrogen) atoms. The number of para-hydroxylation sites is 1.